The number of fused-ring (bicyclic) bond motifs is 2. The smallest absolute Gasteiger partial charge is 0.241 e. The van der Waals surface area contributed by atoms with E-state index < -0.39 is 6.04 Å². The highest BCUT2D eigenvalue weighted by Gasteiger charge is 2.17. The fourth-order valence-electron chi connectivity index (χ4n) is 3.12. The van der Waals surface area contributed by atoms with Crippen molar-refractivity contribution in [2.24, 2.45) is 5.73 Å². The highest BCUT2D eigenvalue weighted by molar-refractivity contribution is 6.03. The fraction of sp³-hybridized carbons (Fsp3) is 0.0909. The molecule has 0 radical (unpaired) electrons. The van der Waals surface area contributed by atoms with Crippen LogP contribution in [0.2, 0.25) is 0 Å². The molecule has 0 aliphatic rings. The molecule has 4 aromatic rings. The number of para-hydroxylation sites is 1. The number of carbonyl (C=O) groups is 1. The van der Waals surface area contributed by atoms with Gasteiger partial charge in [0.1, 0.15) is 5.75 Å². The molecule has 5 heteroatoms. The molecule has 0 aliphatic heterocycles. The molecule has 0 spiro atoms. The lowest BCUT2D eigenvalue weighted by Crippen LogP contribution is -2.37. The Morgan fingerprint density at radius 1 is 1.00 bits per heavy atom. The zero-order valence-corrected chi connectivity index (χ0v) is 14.6. The van der Waals surface area contributed by atoms with E-state index in [1.807, 2.05) is 60.7 Å². The van der Waals surface area contributed by atoms with Gasteiger partial charge in [0.15, 0.2) is 0 Å². The molecule has 0 aliphatic carbocycles. The third-order valence-electron chi connectivity index (χ3n) is 4.56. The standard InChI is InChI=1S/C22H19N3O2/c23-17(12-14-6-2-1-3-7-14)22(27)25-20-11-10-19-16(21(20)26)13-15-8-4-5-9-18(15)24-19/h1-11,13,17,26H,12,23H2,(H,25,27)/t17-/m0/s1. The zero-order valence-electron chi connectivity index (χ0n) is 14.6. The second kappa shape index (κ2) is 7.05. The Morgan fingerprint density at radius 3 is 2.56 bits per heavy atom. The molecule has 4 N–H and O–H groups in total. The maximum Gasteiger partial charge on any atom is 0.241 e. The molecule has 134 valence electrons. The minimum absolute atomic E-state index is 0.00832. The van der Waals surface area contributed by atoms with Crippen LogP contribution in [0.4, 0.5) is 5.69 Å². The van der Waals surface area contributed by atoms with Crippen LogP contribution in [0.25, 0.3) is 21.8 Å². The molecule has 1 aromatic heterocycles. The Morgan fingerprint density at radius 2 is 1.74 bits per heavy atom. The lowest BCUT2D eigenvalue weighted by Gasteiger charge is -2.14. The number of nitrogens with zero attached hydrogens (tertiary/aromatic N) is 1. The number of pyridine rings is 1. The van der Waals surface area contributed by atoms with E-state index in [1.54, 1.807) is 12.1 Å². The average Bonchev–Trinajstić information content (AvgIpc) is 2.69. The van der Waals surface area contributed by atoms with Crippen molar-refractivity contribution >= 4 is 33.4 Å². The summed E-state index contributed by atoms with van der Waals surface area (Å²) < 4.78 is 0. The number of hydrogen-bond donors (Lipinski definition) is 3. The molecular weight excluding hydrogens is 338 g/mol. The summed E-state index contributed by atoms with van der Waals surface area (Å²) in [6, 6.07) is 21.9. The van der Waals surface area contributed by atoms with Gasteiger partial charge in [0.05, 0.1) is 22.8 Å². The quantitative estimate of drug-likeness (QED) is 0.385. The van der Waals surface area contributed by atoms with Crippen LogP contribution < -0.4 is 11.1 Å². The number of benzene rings is 3. The molecule has 4 rings (SSSR count). The van der Waals surface area contributed by atoms with Crippen molar-refractivity contribution in [3.05, 3.63) is 78.4 Å². The summed E-state index contributed by atoms with van der Waals surface area (Å²) in [5.41, 5.74) is 8.86. The zero-order chi connectivity index (χ0) is 18.8. The maximum atomic E-state index is 12.5. The van der Waals surface area contributed by atoms with Crippen LogP contribution in [-0.2, 0) is 11.2 Å². The molecule has 1 atom stereocenters. The Labute approximate surface area is 156 Å². The number of amides is 1. The van der Waals surface area contributed by atoms with Crippen molar-refractivity contribution in [1.82, 2.24) is 4.98 Å². The number of phenolic OH excluding ortho intramolecular Hbond substituents is 1. The van der Waals surface area contributed by atoms with Crippen LogP contribution in [0.3, 0.4) is 0 Å². The lowest BCUT2D eigenvalue weighted by molar-refractivity contribution is -0.117. The number of rotatable bonds is 4. The largest absolute Gasteiger partial charge is 0.505 e. The first-order valence-electron chi connectivity index (χ1n) is 8.73. The number of aromatic hydroxyl groups is 1. The first-order valence-corrected chi connectivity index (χ1v) is 8.73. The SMILES string of the molecule is N[C@@H](Cc1ccccc1)C(=O)Nc1ccc2nc3ccccc3cc2c1O. The number of phenols is 1. The first kappa shape index (κ1) is 17.0. The minimum atomic E-state index is -0.711. The molecule has 1 heterocycles. The Bertz CT molecular complexity index is 1130. The number of hydrogen-bond acceptors (Lipinski definition) is 4. The monoisotopic (exact) mass is 357 g/mol. The van der Waals surface area contributed by atoms with Crippen LogP contribution in [0.1, 0.15) is 5.56 Å². The van der Waals surface area contributed by atoms with Gasteiger partial charge in [0.2, 0.25) is 5.91 Å². The molecule has 0 bridgehead atoms. The highest BCUT2D eigenvalue weighted by Crippen LogP contribution is 2.33. The van der Waals surface area contributed by atoms with Gasteiger partial charge in [-0.15, -0.1) is 0 Å². The van der Waals surface area contributed by atoms with Gasteiger partial charge in [0, 0.05) is 10.8 Å². The third kappa shape index (κ3) is 3.45. The van der Waals surface area contributed by atoms with Gasteiger partial charge >= 0.3 is 0 Å². The van der Waals surface area contributed by atoms with Gasteiger partial charge in [-0.1, -0.05) is 48.5 Å². The van der Waals surface area contributed by atoms with E-state index in [4.69, 9.17) is 5.73 Å². The van der Waals surface area contributed by atoms with Crippen LogP contribution in [0.5, 0.6) is 5.75 Å². The lowest BCUT2D eigenvalue weighted by atomic mass is 10.1. The number of anilines is 1. The number of carbonyl (C=O) groups excluding carboxylic acids is 1. The van der Waals surface area contributed by atoms with E-state index >= 15 is 0 Å². The predicted octanol–water partition coefficient (Wildman–Crippen LogP) is 3.60. The van der Waals surface area contributed by atoms with Crippen molar-refractivity contribution in [2.75, 3.05) is 5.32 Å². The predicted molar refractivity (Wildman–Crippen MR) is 108 cm³/mol. The summed E-state index contributed by atoms with van der Waals surface area (Å²) >= 11 is 0. The summed E-state index contributed by atoms with van der Waals surface area (Å²) in [6.07, 6.45) is 0.424. The number of nitrogens with one attached hydrogen (secondary N) is 1. The summed E-state index contributed by atoms with van der Waals surface area (Å²) in [5, 5.41) is 14.9. The highest BCUT2D eigenvalue weighted by atomic mass is 16.3. The number of nitrogens with two attached hydrogens (primary N) is 1. The van der Waals surface area contributed by atoms with Gasteiger partial charge < -0.3 is 16.2 Å². The average molecular weight is 357 g/mol. The summed E-state index contributed by atoms with van der Waals surface area (Å²) in [4.78, 5) is 17.0. The molecular formula is C22H19N3O2. The van der Waals surface area contributed by atoms with Gasteiger partial charge in [-0.2, -0.15) is 0 Å². The van der Waals surface area contributed by atoms with Gasteiger partial charge in [-0.25, -0.2) is 4.98 Å². The summed E-state index contributed by atoms with van der Waals surface area (Å²) in [5.74, 6) is -0.353. The topological polar surface area (TPSA) is 88.2 Å². The van der Waals surface area contributed by atoms with Crippen molar-refractivity contribution in [1.29, 1.82) is 0 Å². The van der Waals surface area contributed by atoms with E-state index in [1.165, 1.54) is 0 Å². The van der Waals surface area contributed by atoms with Crippen LogP contribution in [0.15, 0.2) is 72.8 Å². The van der Waals surface area contributed by atoms with Gasteiger partial charge in [-0.05, 0) is 36.2 Å². The van der Waals surface area contributed by atoms with Crippen molar-refractivity contribution < 1.29 is 9.90 Å². The van der Waals surface area contributed by atoms with Crippen LogP contribution in [-0.4, -0.2) is 22.0 Å². The molecule has 0 saturated heterocycles. The molecule has 5 nitrogen and oxygen atoms in total. The molecule has 0 fully saturated rings. The Hall–Kier alpha value is -3.44. The van der Waals surface area contributed by atoms with Gasteiger partial charge in [0.25, 0.3) is 0 Å². The summed E-state index contributed by atoms with van der Waals surface area (Å²) in [7, 11) is 0. The first-order chi connectivity index (χ1) is 13.1. The fourth-order valence-corrected chi connectivity index (χ4v) is 3.12. The molecule has 27 heavy (non-hydrogen) atoms. The molecule has 3 aromatic carbocycles. The normalized spacial score (nSPS) is 12.2. The van der Waals surface area contributed by atoms with Crippen LogP contribution in [0, 0.1) is 0 Å². The van der Waals surface area contributed by atoms with Crippen molar-refractivity contribution in [3.8, 4) is 5.75 Å². The van der Waals surface area contributed by atoms with Crippen molar-refractivity contribution in [2.45, 2.75) is 12.5 Å². The van der Waals surface area contributed by atoms with E-state index in [-0.39, 0.29) is 11.7 Å². The number of aromatic nitrogens is 1. The minimum Gasteiger partial charge on any atom is -0.505 e. The Balaban J connectivity index is 1.60. The third-order valence-corrected chi connectivity index (χ3v) is 4.56. The summed E-state index contributed by atoms with van der Waals surface area (Å²) in [6.45, 7) is 0. The van der Waals surface area contributed by atoms with Crippen molar-refractivity contribution in [3.63, 3.8) is 0 Å². The Kier molecular flexibility index (Phi) is 4.44. The second-order valence-electron chi connectivity index (χ2n) is 6.49. The maximum absolute atomic E-state index is 12.5. The molecule has 0 saturated carbocycles. The second-order valence-corrected chi connectivity index (χ2v) is 6.49. The van der Waals surface area contributed by atoms with E-state index in [0.717, 1.165) is 16.5 Å². The van der Waals surface area contributed by atoms with Gasteiger partial charge in [-0.3, -0.25) is 4.79 Å². The van der Waals surface area contributed by atoms with Crippen LogP contribution >= 0.6 is 0 Å². The molecule has 0 unspecified atom stereocenters. The van der Waals surface area contributed by atoms with E-state index in [2.05, 4.69) is 10.3 Å². The van der Waals surface area contributed by atoms with E-state index in [9.17, 15) is 9.90 Å². The molecule has 1 amide bonds. The van der Waals surface area contributed by atoms with E-state index in [0.29, 0.717) is 23.0 Å².